The van der Waals surface area contributed by atoms with E-state index in [2.05, 4.69) is 31.5 Å². The molecule has 0 unspecified atom stereocenters. The number of aromatic nitrogens is 7. The predicted molar refractivity (Wildman–Crippen MR) is 130 cm³/mol. The van der Waals surface area contributed by atoms with Crippen molar-refractivity contribution in [1.82, 2.24) is 33.9 Å². The lowest BCUT2D eigenvalue weighted by Crippen LogP contribution is -2.13. The number of pyridine rings is 2. The molecule has 0 saturated carbocycles. The third-order valence-corrected chi connectivity index (χ3v) is 6.36. The Morgan fingerprint density at radius 3 is 2.85 bits per heavy atom. The zero-order valence-corrected chi connectivity index (χ0v) is 19.1. The van der Waals surface area contributed by atoms with Crippen LogP contribution in [0.5, 0.6) is 0 Å². The Balaban J connectivity index is 1.22. The first-order chi connectivity index (χ1) is 16.6. The summed E-state index contributed by atoms with van der Waals surface area (Å²) >= 11 is 1.67. The molecule has 0 spiro atoms. The summed E-state index contributed by atoms with van der Waals surface area (Å²) in [5.74, 6) is -0.224. The summed E-state index contributed by atoms with van der Waals surface area (Å²) in [5, 5.41) is 14.6. The highest BCUT2D eigenvalue weighted by Crippen LogP contribution is 2.22. The Morgan fingerprint density at radius 1 is 1.06 bits per heavy atom. The van der Waals surface area contributed by atoms with Crippen LogP contribution >= 0.6 is 11.3 Å². The van der Waals surface area contributed by atoms with E-state index in [1.807, 2.05) is 58.0 Å². The Hall–Kier alpha value is -4.31. The van der Waals surface area contributed by atoms with Gasteiger partial charge in [0.05, 0.1) is 47.8 Å². The van der Waals surface area contributed by atoms with E-state index in [4.69, 9.17) is 0 Å². The molecular weight excluding hydrogens is 448 g/mol. The molecular formula is C24H20N8OS. The maximum atomic E-state index is 13.2. The van der Waals surface area contributed by atoms with Crippen molar-refractivity contribution in [2.75, 3.05) is 5.32 Å². The Bertz CT molecular complexity index is 1590. The Morgan fingerprint density at radius 2 is 2.00 bits per heavy atom. The van der Waals surface area contributed by atoms with Gasteiger partial charge < -0.3 is 9.72 Å². The summed E-state index contributed by atoms with van der Waals surface area (Å²) in [7, 11) is 0. The summed E-state index contributed by atoms with van der Waals surface area (Å²) < 4.78 is 5.55. The standard InChI is InChI=1S/C24H20N8OS/c1-16-9-20(21-11-26-32(23(21)27-16)15-19-5-4-8-34-19)24(33)29-17-10-25-31(13-17)14-18-12-30-7-3-2-6-22(30)28-18/h2-13H,14-15H2,1H3,(H,29,33). The van der Waals surface area contributed by atoms with Crippen molar-refractivity contribution in [1.29, 1.82) is 0 Å². The average molecular weight is 469 g/mol. The van der Waals surface area contributed by atoms with E-state index in [-0.39, 0.29) is 5.91 Å². The predicted octanol–water partition coefficient (Wildman–Crippen LogP) is 3.99. The number of amides is 1. The molecule has 6 aromatic heterocycles. The first-order valence-electron chi connectivity index (χ1n) is 10.7. The Labute approximate surface area is 198 Å². The molecule has 168 valence electrons. The van der Waals surface area contributed by atoms with Crippen LogP contribution in [0.3, 0.4) is 0 Å². The van der Waals surface area contributed by atoms with Gasteiger partial charge in [-0.15, -0.1) is 11.3 Å². The summed E-state index contributed by atoms with van der Waals surface area (Å²) in [6, 6.07) is 11.7. The van der Waals surface area contributed by atoms with Crippen molar-refractivity contribution < 1.29 is 4.79 Å². The van der Waals surface area contributed by atoms with Crippen molar-refractivity contribution in [2.24, 2.45) is 0 Å². The number of imidazole rings is 1. The second kappa shape index (κ2) is 8.23. The van der Waals surface area contributed by atoms with Gasteiger partial charge in [-0.2, -0.15) is 10.2 Å². The number of aryl methyl sites for hydroxylation is 1. The number of nitrogens with zero attached hydrogens (tertiary/aromatic N) is 7. The van der Waals surface area contributed by atoms with E-state index in [1.165, 1.54) is 4.88 Å². The molecule has 0 aliphatic carbocycles. The molecule has 9 nitrogen and oxygen atoms in total. The fourth-order valence-corrected chi connectivity index (χ4v) is 4.65. The SMILES string of the molecule is Cc1cc(C(=O)Nc2cnn(Cc3cn4ccccc4n3)c2)c2cnn(Cc3cccs3)c2n1. The summed E-state index contributed by atoms with van der Waals surface area (Å²) in [4.78, 5) is 23.6. The zero-order valence-electron chi connectivity index (χ0n) is 18.3. The normalized spacial score (nSPS) is 11.4. The van der Waals surface area contributed by atoms with Gasteiger partial charge in [-0.05, 0) is 36.6 Å². The van der Waals surface area contributed by atoms with Crippen LogP contribution in [0.2, 0.25) is 0 Å². The van der Waals surface area contributed by atoms with Gasteiger partial charge >= 0.3 is 0 Å². The molecule has 0 fully saturated rings. The molecule has 0 aliphatic rings. The van der Waals surface area contributed by atoms with E-state index in [1.54, 1.807) is 40.7 Å². The molecule has 6 rings (SSSR count). The molecule has 0 aliphatic heterocycles. The zero-order chi connectivity index (χ0) is 23.1. The molecule has 6 heterocycles. The van der Waals surface area contributed by atoms with E-state index in [0.717, 1.165) is 22.4 Å². The summed E-state index contributed by atoms with van der Waals surface area (Å²) in [6.07, 6.45) is 9.07. The number of anilines is 1. The highest BCUT2D eigenvalue weighted by atomic mass is 32.1. The molecule has 6 aromatic rings. The maximum Gasteiger partial charge on any atom is 0.256 e. The largest absolute Gasteiger partial charge is 0.319 e. The number of carbonyl (C=O) groups is 1. The third kappa shape index (κ3) is 3.84. The van der Waals surface area contributed by atoms with E-state index in [9.17, 15) is 4.79 Å². The van der Waals surface area contributed by atoms with Gasteiger partial charge in [0.2, 0.25) is 0 Å². The second-order valence-electron chi connectivity index (χ2n) is 8.01. The van der Waals surface area contributed by atoms with Crippen LogP contribution in [0.4, 0.5) is 5.69 Å². The van der Waals surface area contributed by atoms with Crippen LogP contribution in [-0.2, 0) is 13.1 Å². The second-order valence-corrected chi connectivity index (χ2v) is 9.04. The molecule has 34 heavy (non-hydrogen) atoms. The lowest BCUT2D eigenvalue weighted by atomic mass is 10.1. The van der Waals surface area contributed by atoms with Crippen molar-refractivity contribution in [3.05, 3.63) is 94.6 Å². The molecule has 1 amide bonds. The fraction of sp³-hybridized carbons (Fsp3) is 0.125. The van der Waals surface area contributed by atoms with Gasteiger partial charge in [0.25, 0.3) is 5.91 Å². The van der Waals surface area contributed by atoms with Crippen LogP contribution in [0.25, 0.3) is 16.7 Å². The molecule has 0 atom stereocenters. The molecule has 0 radical (unpaired) electrons. The lowest BCUT2D eigenvalue weighted by molar-refractivity contribution is 0.102. The smallest absolute Gasteiger partial charge is 0.256 e. The number of rotatable bonds is 6. The van der Waals surface area contributed by atoms with Gasteiger partial charge in [-0.3, -0.25) is 9.48 Å². The van der Waals surface area contributed by atoms with Crippen molar-refractivity contribution in [3.8, 4) is 0 Å². The highest BCUT2D eigenvalue weighted by Gasteiger charge is 2.17. The average Bonchev–Trinajstić information content (AvgIpc) is 3.62. The van der Waals surface area contributed by atoms with Crippen LogP contribution in [0.15, 0.2) is 72.8 Å². The van der Waals surface area contributed by atoms with Crippen molar-refractivity contribution >= 4 is 39.6 Å². The van der Waals surface area contributed by atoms with Gasteiger partial charge in [0.1, 0.15) is 5.65 Å². The summed E-state index contributed by atoms with van der Waals surface area (Å²) in [6.45, 7) is 3.01. The molecule has 0 saturated heterocycles. The number of nitrogens with one attached hydrogen (secondary N) is 1. The fourth-order valence-electron chi connectivity index (χ4n) is 3.97. The van der Waals surface area contributed by atoms with Crippen LogP contribution in [0, 0.1) is 6.92 Å². The first-order valence-corrected chi connectivity index (χ1v) is 11.6. The minimum absolute atomic E-state index is 0.224. The third-order valence-electron chi connectivity index (χ3n) is 5.50. The minimum atomic E-state index is -0.224. The van der Waals surface area contributed by atoms with E-state index in [0.29, 0.717) is 30.0 Å². The lowest BCUT2D eigenvalue weighted by Gasteiger charge is -2.07. The van der Waals surface area contributed by atoms with Gasteiger partial charge in [-0.1, -0.05) is 12.1 Å². The van der Waals surface area contributed by atoms with E-state index < -0.39 is 0 Å². The van der Waals surface area contributed by atoms with Gasteiger partial charge in [0, 0.05) is 29.2 Å². The van der Waals surface area contributed by atoms with Crippen LogP contribution < -0.4 is 5.32 Å². The summed E-state index contributed by atoms with van der Waals surface area (Å²) in [5.41, 5.74) is 4.37. The van der Waals surface area contributed by atoms with Crippen molar-refractivity contribution in [2.45, 2.75) is 20.0 Å². The van der Waals surface area contributed by atoms with Crippen LogP contribution in [0.1, 0.15) is 26.6 Å². The number of hydrogen-bond donors (Lipinski definition) is 1. The first kappa shape index (κ1) is 20.3. The Kier molecular flexibility index (Phi) is 4.92. The topological polar surface area (TPSA) is 94.9 Å². The number of fused-ring (bicyclic) bond motifs is 2. The van der Waals surface area contributed by atoms with Crippen LogP contribution in [-0.4, -0.2) is 39.8 Å². The molecule has 10 heteroatoms. The highest BCUT2D eigenvalue weighted by molar-refractivity contribution is 7.09. The molecule has 0 bridgehead atoms. The minimum Gasteiger partial charge on any atom is -0.319 e. The molecule has 0 aromatic carbocycles. The number of carbonyl (C=O) groups excluding carboxylic acids is 1. The number of thiophene rings is 1. The van der Waals surface area contributed by atoms with Crippen molar-refractivity contribution in [3.63, 3.8) is 0 Å². The number of hydrogen-bond acceptors (Lipinski definition) is 6. The monoisotopic (exact) mass is 468 g/mol. The van der Waals surface area contributed by atoms with Gasteiger partial charge in [0.15, 0.2) is 5.65 Å². The van der Waals surface area contributed by atoms with E-state index >= 15 is 0 Å². The molecule has 1 N–H and O–H groups in total. The maximum absolute atomic E-state index is 13.2. The quantitative estimate of drug-likeness (QED) is 0.399. The van der Waals surface area contributed by atoms with Gasteiger partial charge in [-0.25, -0.2) is 14.6 Å².